The Kier molecular flexibility index (Phi) is 8.34. The first-order valence-electron chi connectivity index (χ1n) is 9.61. The summed E-state index contributed by atoms with van der Waals surface area (Å²) in [7, 11) is 0. The first-order valence-corrected chi connectivity index (χ1v) is 9.61. The van der Waals surface area contributed by atoms with Gasteiger partial charge >= 0.3 is 12.1 Å². The SMILES string of the molecule is CC(C)(C)OC(=O)N(CCCCN)C[C@H]1CCCN1OC(=O)C(C)(C)C. The van der Waals surface area contributed by atoms with Crippen LogP contribution in [0.2, 0.25) is 0 Å². The second kappa shape index (κ2) is 9.55. The Morgan fingerprint density at radius 3 is 2.35 bits per heavy atom. The molecule has 1 aliphatic rings. The van der Waals surface area contributed by atoms with Gasteiger partial charge in [-0.25, -0.2) is 9.59 Å². The summed E-state index contributed by atoms with van der Waals surface area (Å²) in [5.41, 5.74) is 4.47. The minimum Gasteiger partial charge on any atom is -0.444 e. The van der Waals surface area contributed by atoms with E-state index in [0.717, 1.165) is 25.7 Å². The molecule has 1 aliphatic heterocycles. The maximum absolute atomic E-state index is 12.6. The van der Waals surface area contributed by atoms with Gasteiger partial charge in [-0.2, -0.15) is 0 Å². The van der Waals surface area contributed by atoms with Crippen LogP contribution in [0, 0.1) is 5.41 Å². The highest BCUT2D eigenvalue weighted by atomic mass is 16.7. The monoisotopic (exact) mass is 371 g/mol. The van der Waals surface area contributed by atoms with Crippen molar-refractivity contribution in [1.29, 1.82) is 0 Å². The first kappa shape index (κ1) is 22.7. The van der Waals surface area contributed by atoms with Gasteiger partial charge in [-0.3, -0.25) is 0 Å². The molecule has 7 heteroatoms. The summed E-state index contributed by atoms with van der Waals surface area (Å²) < 4.78 is 5.54. The van der Waals surface area contributed by atoms with Crippen molar-refractivity contribution in [2.45, 2.75) is 78.9 Å². The van der Waals surface area contributed by atoms with Crippen molar-refractivity contribution in [3.05, 3.63) is 0 Å². The van der Waals surface area contributed by atoms with E-state index in [0.29, 0.717) is 26.2 Å². The van der Waals surface area contributed by atoms with Crippen LogP contribution in [0.1, 0.15) is 67.2 Å². The molecular weight excluding hydrogens is 334 g/mol. The molecule has 1 atom stereocenters. The molecule has 152 valence electrons. The number of unbranched alkanes of at least 4 members (excludes halogenated alkanes) is 1. The van der Waals surface area contributed by atoms with E-state index < -0.39 is 11.0 Å². The van der Waals surface area contributed by atoms with Gasteiger partial charge in [0.2, 0.25) is 0 Å². The average molecular weight is 372 g/mol. The van der Waals surface area contributed by atoms with Gasteiger partial charge in [0.25, 0.3) is 0 Å². The summed E-state index contributed by atoms with van der Waals surface area (Å²) in [6.07, 6.45) is 3.17. The van der Waals surface area contributed by atoms with Crippen LogP contribution >= 0.6 is 0 Å². The molecule has 7 nitrogen and oxygen atoms in total. The molecule has 0 bridgehead atoms. The van der Waals surface area contributed by atoms with E-state index in [9.17, 15) is 9.59 Å². The fraction of sp³-hybridized carbons (Fsp3) is 0.895. The number of hydrogen-bond acceptors (Lipinski definition) is 6. The lowest BCUT2D eigenvalue weighted by Gasteiger charge is -2.32. The van der Waals surface area contributed by atoms with Crippen LogP contribution in [0.3, 0.4) is 0 Å². The molecule has 1 rings (SSSR count). The molecule has 1 amide bonds. The summed E-state index contributed by atoms with van der Waals surface area (Å²) >= 11 is 0. The van der Waals surface area contributed by atoms with Crippen molar-refractivity contribution < 1.29 is 19.2 Å². The molecule has 0 aliphatic carbocycles. The van der Waals surface area contributed by atoms with E-state index >= 15 is 0 Å². The molecule has 0 unspecified atom stereocenters. The Balaban J connectivity index is 2.74. The second-order valence-electron chi connectivity index (χ2n) is 8.99. The molecule has 0 aromatic carbocycles. The van der Waals surface area contributed by atoms with Crippen molar-refractivity contribution >= 4 is 12.1 Å². The molecule has 0 aromatic heterocycles. The highest BCUT2D eigenvalue weighted by Gasteiger charge is 2.34. The zero-order valence-corrected chi connectivity index (χ0v) is 17.3. The second-order valence-corrected chi connectivity index (χ2v) is 8.99. The van der Waals surface area contributed by atoms with Crippen molar-refractivity contribution in [3.63, 3.8) is 0 Å². The van der Waals surface area contributed by atoms with Crippen molar-refractivity contribution in [1.82, 2.24) is 9.96 Å². The van der Waals surface area contributed by atoms with Gasteiger partial charge in [0, 0.05) is 19.6 Å². The third kappa shape index (κ3) is 7.91. The fourth-order valence-electron chi connectivity index (χ4n) is 2.64. The molecule has 0 aromatic rings. The Hall–Kier alpha value is -1.34. The standard InChI is InChI=1S/C19H37N3O4/c1-18(2,3)16(23)26-22-13-9-10-15(22)14-21(12-8-7-11-20)17(24)25-19(4,5)6/h15H,7-14,20H2,1-6H3/t15-/m1/s1. The lowest BCUT2D eigenvalue weighted by molar-refractivity contribution is -0.205. The molecule has 0 saturated carbocycles. The van der Waals surface area contributed by atoms with Crippen LogP contribution in [0.15, 0.2) is 0 Å². The van der Waals surface area contributed by atoms with Gasteiger partial charge in [-0.15, -0.1) is 5.06 Å². The van der Waals surface area contributed by atoms with E-state index in [-0.39, 0.29) is 18.1 Å². The normalized spacial score (nSPS) is 18.7. The van der Waals surface area contributed by atoms with Gasteiger partial charge in [-0.05, 0) is 73.8 Å². The Morgan fingerprint density at radius 2 is 1.81 bits per heavy atom. The predicted molar refractivity (Wildman–Crippen MR) is 101 cm³/mol. The van der Waals surface area contributed by atoms with Crippen LogP contribution in [0.4, 0.5) is 4.79 Å². The topological polar surface area (TPSA) is 85.1 Å². The van der Waals surface area contributed by atoms with Gasteiger partial charge in [0.15, 0.2) is 0 Å². The first-order chi connectivity index (χ1) is 11.9. The van der Waals surface area contributed by atoms with Gasteiger partial charge < -0.3 is 20.2 Å². The summed E-state index contributed by atoms with van der Waals surface area (Å²) in [5, 5.41) is 1.73. The molecule has 1 fully saturated rings. The van der Waals surface area contributed by atoms with Crippen LogP contribution in [-0.4, -0.2) is 59.8 Å². The number of amides is 1. The molecule has 26 heavy (non-hydrogen) atoms. The Morgan fingerprint density at radius 1 is 1.15 bits per heavy atom. The van der Waals surface area contributed by atoms with E-state index in [1.807, 2.05) is 41.5 Å². The molecule has 2 N–H and O–H groups in total. The maximum Gasteiger partial charge on any atom is 0.410 e. The summed E-state index contributed by atoms with van der Waals surface area (Å²) in [6.45, 7) is 13.4. The van der Waals surface area contributed by atoms with Crippen LogP contribution in [-0.2, 0) is 14.4 Å². The number of carbonyl (C=O) groups excluding carboxylic acids is 2. The van der Waals surface area contributed by atoms with Crippen molar-refractivity contribution in [3.8, 4) is 0 Å². The summed E-state index contributed by atoms with van der Waals surface area (Å²) in [6, 6.07) is -0.00769. The minimum absolute atomic E-state index is 0.00769. The van der Waals surface area contributed by atoms with Crippen molar-refractivity contribution in [2.75, 3.05) is 26.2 Å². The smallest absolute Gasteiger partial charge is 0.410 e. The number of carbonyl (C=O) groups is 2. The number of hydroxylamine groups is 2. The van der Waals surface area contributed by atoms with Gasteiger partial charge in [0.05, 0.1) is 11.5 Å². The predicted octanol–water partition coefficient (Wildman–Crippen LogP) is 2.93. The van der Waals surface area contributed by atoms with E-state index in [4.69, 9.17) is 15.3 Å². The maximum atomic E-state index is 12.6. The average Bonchev–Trinajstić information content (AvgIpc) is 2.90. The summed E-state index contributed by atoms with van der Waals surface area (Å²) in [5.74, 6) is -0.253. The number of nitrogens with zero attached hydrogens (tertiary/aromatic N) is 2. The van der Waals surface area contributed by atoms with Crippen molar-refractivity contribution in [2.24, 2.45) is 11.1 Å². The molecule has 0 radical (unpaired) electrons. The largest absolute Gasteiger partial charge is 0.444 e. The summed E-state index contributed by atoms with van der Waals surface area (Å²) in [4.78, 5) is 32.1. The van der Waals surface area contributed by atoms with E-state index in [1.54, 1.807) is 9.96 Å². The van der Waals surface area contributed by atoms with Crippen LogP contribution in [0.5, 0.6) is 0 Å². The minimum atomic E-state index is -0.556. The van der Waals surface area contributed by atoms with Crippen LogP contribution in [0.25, 0.3) is 0 Å². The molecule has 1 heterocycles. The highest BCUT2D eigenvalue weighted by Crippen LogP contribution is 2.23. The number of hydrogen-bond donors (Lipinski definition) is 1. The highest BCUT2D eigenvalue weighted by molar-refractivity contribution is 5.75. The van der Waals surface area contributed by atoms with E-state index in [1.165, 1.54) is 0 Å². The van der Waals surface area contributed by atoms with Gasteiger partial charge in [0.1, 0.15) is 5.60 Å². The zero-order chi connectivity index (χ0) is 20.0. The third-order valence-corrected chi connectivity index (χ3v) is 4.10. The molecule has 1 saturated heterocycles. The number of rotatable bonds is 7. The zero-order valence-electron chi connectivity index (χ0n) is 17.3. The third-order valence-electron chi connectivity index (χ3n) is 4.10. The number of nitrogens with two attached hydrogens (primary N) is 1. The van der Waals surface area contributed by atoms with Gasteiger partial charge in [-0.1, -0.05) is 0 Å². The number of ether oxygens (including phenoxy) is 1. The van der Waals surface area contributed by atoms with Crippen LogP contribution < -0.4 is 5.73 Å². The Labute approximate surface area is 158 Å². The molecular formula is C19H37N3O4. The molecule has 0 spiro atoms. The lowest BCUT2D eigenvalue weighted by Crippen LogP contribution is -2.46. The fourth-order valence-corrected chi connectivity index (χ4v) is 2.64. The quantitative estimate of drug-likeness (QED) is 0.693. The van der Waals surface area contributed by atoms with E-state index in [2.05, 4.69) is 0 Å². The Bertz CT molecular complexity index is 468. The lowest BCUT2D eigenvalue weighted by atomic mass is 9.98.